The molecule has 1 aromatic rings. The summed E-state index contributed by atoms with van der Waals surface area (Å²) < 4.78 is 36.8. The van der Waals surface area contributed by atoms with Gasteiger partial charge < -0.3 is 33.5 Å². The van der Waals surface area contributed by atoms with E-state index in [2.05, 4.69) is 298 Å². The largest absolute Gasteiger partial charge is 0.507 e. The summed E-state index contributed by atoms with van der Waals surface area (Å²) in [5.74, 6) is -5.30. The Balaban J connectivity index is 0.000000361. The van der Waals surface area contributed by atoms with Crippen LogP contribution in [0.25, 0.3) is 0 Å². The Morgan fingerprint density at radius 2 is 0.582 bits per heavy atom. The Bertz CT molecular complexity index is 3080. The minimum Gasteiger partial charge on any atom is -0.507 e. The SMILES string of the molecule is CC(=O)OC1CC(C)(C)N(C)C(C)(C)C1.CCCCC(Cc1cc(C(C)(C)C)c(O)c(C(C)(C)C)c1)C(=O)OC1CC(C)(C)N(C)C(C)(C)C1.CN1C(C)(C)CC(OC(=O)CC(C(=O)OC2CC(C)(C)N(C)C(C)(C)C2)C(CC(=O)OC2CC(C)(C)N(C)C(C)(C)C2)C(=O)OC2CC(C)(C)N(C)C(C)(C)C2)CC1(C)C. The molecule has 19 nitrogen and oxygen atoms in total. The third-order valence-electron chi connectivity index (χ3n) is 27.8. The zero-order valence-corrected chi connectivity index (χ0v) is 77.1. The molecule has 0 bridgehead atoms. The smallest absolute Gasteiger partial charge is 0.310 e. The molecule has 634 valence electrons. The maximum absolute atomic E-state index is 14.8. The number of hydrogen-bond acceptors (Lipinski definition) is 19. The van der Waals surface area contributed by atoms with Crippen molar-refractivity contribution in [2.75, 3.05) is 42.3 Å². The normalized spacial score (nSPS) is 25.4. The zero-order valence-electron chi connectivity index (χ0n) is 77.1. The fraction of sp³-hybridized carbons (Fsp3) is 0.868. The highest BCUT2D eigenvalue weighted by molar-refractivity contribution is 5.89. The number of likely N-dealkylation sites (tertiary alicyclic amines) is 6. The summed E-state index contributed by atoms with van der Waals surface area (Å²) in [7, 11) is 12.7. The fourth-order valence-corrected chi connectivity index (χ4v) is 19.8. The number of hydrogen-bond donors (Lipinski definition) is 1. The lowest BCUT2D eigenvalue weighted by Crippen LogP contribution is -2.61. The molecule has 3 unspecified atom stereocenters. The first-order valence-corrected chi connectivity index (χ1v) is 41.9. The molecule has 6 heterocycles. The van der Waals surface area contributed by atoms with E-state index in [9.17, 15) is 33.9 Å². The summed E-state index contributed by atoms with van der Waals surface area (Å²) in [5, 5.41) is 11.1. The van der Waals surface area contributed by atoms with Crippen molar-refractivity contribution in [2.24, 2.45) is 17.8 Å². The van der Waals surface area contributed by atoms with E-state index in [1.807, 2.05) is 0 Å². The van der Waals surface area contributed by atoms with E-state index in [1.165, 1.54) is 6.92 Å². The van der Waals surface area contributed by atoms with Crippen LogP contribution < -0.4 is 0 Å². The predicted molar refractivity (Wildman–Crippen MR) is 444 cm³/mol. The van der Waals surface area contributed by atoms with Gasteiger partial charge in [0.15, 0.2) is 0 Å². The molecule has 110 heavy (non-hydrogen) atoms. The summed E-state index contributed by atoms with van der Waals surface area (Å²) in [5.41, 5.74) is 0.590. The number of phenols is 1. The molecule has 1 aromatic carbocycles. The Morgan fingerprint density at radius 1 is 0.373 bits per heavy atom. The number of phenolic OH excluding ortho intramolecular Hbond substituents is 1. The molecule has 6 aliphatic heterocycles. The summed E-state index contributed by atoms with van der Waals surface area (Å²) in [6.07, 6.45) is 9.09. The van der Waals surface area contributed by atoms with Crippen LogP contribution >= 0.6 is 0 Å². The highest BCUT2D eigenvalue weighted by Crippen LogP contribution is 2.47. The number of aromatic hydroxyl groups is 1. The van der Waals surface area contributed by atoms with Crippen LogP contribution in [0.15, 0.2) is 12.1 Å². The molecule has 6 fully saturated rings. The van der Waals surface area contributed by atoms with Gasteiger partial charge in [-0.15, -0.1) is 0 Å². The molecular formula is C91H162N6O13. The first-order valence-electron chi connectivity index (χ1n) is 41.9. The third-order valence-corrected chi connectivity index (χ3v) is 27.8. The van der Waals surface area contributed by atoms with Crippen molar-refractivity contribution in [3.05, 3.63) is 28.8 Å². The molecule has 0 aromatic heterocycles. The second kappa shape index (κ2) is 34.4. The lowest BCUT2D eigenvalue weighted by atomic mass is 9.77. The summed E-state index contributed by atoms with van der Waals surface area (Å²) in [6.45, 7) is 68.3. The van der Waals surface area contributed by atoms with Gasteiger partial charge in [0.2, 0.25) is 0 Å². The fourth-order valence-electron chi connectivity index (χ4n) is 19.8. The Labute approximate surface area is 669 Å². The van der Waals surface area contributed by atoms with E-state index in [1.54, 1.807) is 0 Å². The third kappa shape index (κ3) is 24.4. The first kappa shape index (κ1) is 96.2. The number of piperidine rings is 6. The van der Waals surface area contributed by atoms with Crippen LogP contribution in [0.3, 0.4) is 0 Å². The Kier molecular flexibility index (Phi) is 30.1. The van der Waals surface area contributed by atoms with Crippen molar-refractivity contribution in [1.82, 2.24) is 29.4 Å². The van der Waals surface area contributed by atoms with Crippen LogP contribution in [0, 0.1) is 17.8 Å². The molecule has 0 aliphatic carbocycles. The predicted octanol–water partition coefficient (Wildman–Crippen LogP) is 17.5. The molecule has 7 rings (SSSR count). The number of carbonyl (C=O) groups is 6. The van der Waals surface area contributed by atoms with Gasteiger partial charge in [-0.1, -0.05) is 73.4 Å². The van der Waals surface area contributed by atoms with Gasteiger partial charge >= 0.3 is 35.8 Å². The van der Waals surface area contributed by atoms with E-state index in [0.29, 0.717) is 63.5 Å². The second-order valence-electron chi connectivity index (χ2n) is 44.4. The number of nitrogens with zero attached hydrogens (tertiary/aromatic N) is 6. The molecule has 1 N–H and O–H groups in total. The van der Waals surface area contributed by atoms with Crippen molar-refractivity contribution in [3.63, 3.8) is 0 Å². The van der Waals surface area contributed by atoms with Gasteiger partial charge in [0, 0.05) is 150 Å². The maximum atomic E-state index is 14.8. The zero-order chi connectivity index (χ0) is 84.8. The molecule has 19 heteroatoms. The van der Waals surface area contributed by atoms with Crippen LogP contribution in [0.1, 0.15) is 347 Å². The Morgan fingerprint density at radius 3 is 0.791 bits per heavy atom. The molecule has 0 spiro atoms. The van der Waals surface area contributed by atoms with Crippen LogP contribution in [0.4, 0.5) is 0 Å². The maximum Gasteiger partial charge on any atom is 0.310 e. The summed E-state index contributed by atoms with van der Waals surface area (Å²) in [4.78, 5) is 96.7. The van der Waals surface area contributed by atoms with Crippen molar-refractivity contribution in [3.8, 4) is 5.75 Å². The molecule has 0 amide bonds. The average molecular weight is 1550 g/mol. The lowest BCUT2D eigenvalue weighted by molar-refractivity contribution is -0.182. The van der Waals surface area contributed by atoms with Gasteiger partial charge in [-0.25, -0.2) is 0 Å². The van der Waals surface area contributed by atoms with Gasteiger partial charge in [-0.3, -0.25) is 58.2 Å². The van der Waals surface area contributed by atoms with Crippen molar-refractivity contribution < 1.29 is 62.3 Å². The number of rotatable bonds is 19. The molecular weight excluding hydrogens is 1390 g/mol. The minimum atomic E-state index is -1.34. The second-order valence-corrected chi connectivity index (χ2v) is 44.4. The monoisotopic (exact) mass is 1550 g/mol. The van der Waals surface area contributed by atoms with Gasteiger partial charge in [0.1, 0.15) is 42.4 Å². The highest BCUT2D eigenvalue weighted by Gasteiger charge is 2.53. The Hall–Kier alpha value is -4.40. The number of benzene rings is 1. The molecule has 0 saturated carbocycles. The molecule has 3 atom stereocenters. The summed E-state index contributed by atoms with van der Waals surface area (Å²) in [6, 6.07) is 4.22. The van der Waals surface area contributed by atoms with E-state index in [4.69, 9.17) is 28.4 Å². The van der Waals surface area contributed by atoms with E-state index >= 15 is 0 Å². The van der Waals surface area contributed by atoms with Crippen LogP contribution in [-0.4, -0.2) is 216 Å². The van der Waals surface area contributed by atoms with Crippen LogP contribution in [-0.2, 0) is 74.4 Å². The number of esters is 6. The standard InChI is InChI=1S/C48H86N4O8.C31H53NO3.C12H23NO2/c1-41(2)23-31(24-42(3,4)49(41)17)57-37(53)21-35(39(55)59-33-27-45(9,10)51(19)46(11,12)28-33)36(40(56)60-34-29-47(13,14)52(20)48(15,16)30-34)22-38(54)58-32-25-43(5,6)50(18)44(7,8)26-32;1-13-14-15-22(27(34)35-23-19-30(8,9)32(12)31(10,11)20-23)16-21-17-24(28(2,3)4)26(33)25(18-21)29(5,6)7;1-9(14)15-10-7-11(2,3)13(6)12(4,5)8-10/h31-36H,21-30H2,1-20H3;17-18,22-23,33H,13-16,19-20H2,1-12H3;10H,7-8H2,1-6H3. The topological polar surface area (TPSA) is 197 Å². The number of carbonyl (C=O) groups excluding carboxylic acids is 6. The van der Waals surface area contributed by atoms with Crippen molar-refractivity contribution in [2.45, 2.75) is 451 Å². The van der Waals surface area contributed by atoms with E-state index in [-0.39, 0.29) is 107 Å². The lowest BCUT2D eigenvalue weighted by Gasteiger charge is -2.53. The van der Waals surface area contributed by atoms with E-state index < -0.39 is 73.0 Å². The number of unbranched alkanes of at least 4 members (excludes halogenated alkanes) is 1. The highest BCUT2D eigenvalue weighted by atomic mass is 16.6. The molecule has 6 saturated heterocycles. The van der Waals surface area contributed by atoms with E-state index in [0.717, 1.165) is 61.6 Å². The molecule has 6 aliphatic rings. The van der Waals surface area contributed by atoms with Crippen molar-refractivity contribution >= 4 is 35.8 Å². The first-order chi connectivity index (χ1) is 49.4. The van der Waals surface area contributed by atoms with Gasteiger partial charge in [0.25, 0.3) is 0 Å². The van der Waals surface area contributed by atoms with Gasteiger partial charge in [-0.05, 0) is 249 Å². The molecule has 0 radical (unpaired) electrons. The average Bonchev–Trinajstić information content (AvgIpc) is 0.808. The van der Waals surface area contributed by atoms with Crippen molar-refractivity contribution in [1.29, 1.82) is 0 Å². The van der Waals surface area contributed by atoms with Crippen LogP contribution in [0.5, 0.6) is 5.75 Å². The van der Waals surface area contributed by atoms with Gasteiger partial charge in [0.05, 0.1) is 30.6 Å². The minimum absolute atomic E-state index is 0.0220. The quantitative estimate of drug-likeness (QED) is 0.101. The number of ether oxygens (including phenoxy) is 6. The van der Waals surface area contributed by atoms with Gasteiger partial charge in [-0.2, -0.15) is 0 Å². The summed E-state index contributed by atoms with van der Waals surface area (Å²) >= 11 is 0. The van der Waals surface area contributed by atoms with Crippen LogP contribution in [0.2, 0.25) is 0 Å².